The summed E-state index contributed by atoms with van der Waals surface area (Å²) >= 11 is 0. The van der Waals surface area contributed by atoms with Gasteiger partial charge in [-0.15, -0.1) is 0 Å². The van der Waals surface area contributed by atoms with E-state index in [9.17, 15) is 9.18 Å². The van der Waals surface area contributed by atoms with Crippen molar-refractivity contribution >= 4 is 5.97 Å². The molecule has 0 fully saturated rings. The van der Waals surface area contributed by atoms with Crippen LogP contribution < -0.4 is 0 Å². The van der Waals surface area contributed by atoms with E-state index in [0.717, 1.165) is 6.07 Å². The molecular formula is C8H7FO3. The van der Waals surface area contributed by atoms with E-state index in [-0.39, 0.29) is 5.56 Å². The Kier molecular flexibility index (Phi) is 2.40. The highest BCUT2D eigenvalue weighted by Gasteiger charge is 2.13. The molecule has 0 aromatic heterocycles. The van der Waals surface area contributed by atoms with E-state index >= 15 is 0 Å². The van der Waals surface area contributed by atoms with Crippen molar-refractivity contribution in [2.75, 3.05) is 0 Å². The van der Waals surface area contributed by atoms with Crippen molar-refractivity contribution in [3.05, 3.63) is 35.1 Å². The highest BCUT2D eigenvalue weighted by atomic mass is 19.1. The number of benzene rings is 1. The van der Waals surface area contributed by atoms with Gasteiger partial charge in [0.15, 0.2) is 0 Å². The van der Waals surface area contributed by atoms with E-state index in [0.29, 0.717) is 0 Å². The Morgan fingerprint density at radius 1 is 1.50 bits per heavy atom. The molecule has 0 aliphatic carbocycles. The molecule has 0 aliphatic heterocycles. The van der Waals surface area contributed by atoms with Crippen molar-refractivity contribution in [3.8, 4) is 0 Å². The average Bonchev–Trinajstić information content (AvgIpc) is 2.03. The number of halogens is 1. The van der Waals surface area contributed by atoms with Gasteiger partial charge >= 0.3 is 5.97 Å². The van der Waals surface area contributed by atoms with E-state index < -0.39 is 24.0 Å². The van der Waals surface area contributed by atoms with Crippen molar-refractivity contribution < 1.29 is 19.4 Å². The molecule has 64 valence electrons. The number of aromatic carboxylic acids is 1. The molecule has 12 heavy (non-hydrogen) atoms. The molecule has 0 saturated carbocycles. The minimum absolute atomic E-state index is 0.0856. The number of rotatable bonds is 2. The Labute approximate surface area is 68.1 Å². The monoisotopic (exact) mass is 170 g/mol. The minimum Gasteiger partial charge on any atom is -0.478 e. The van der Waals surface area contributed by atoms with Gasteiger partial charge in [0.05, 0.1) is 6.61 Å². The molecule has 4 heteroatoms. The predicted molar refractivity (Wildman–Crippen MR) is 39.3 cm³/mol. The number of hydrogen-bond donors (Lipinski definition) is 2. The van der Waals surface area contributed by atoms with Gasteiger partial charge in [-0.05, 0) is 11.6 Å². The van der Waals surface area contributed by atoms with Crippen LogP contribution in [0.15, 0.2) is 18.2 Å². The maximum absolute atomic E-state index is 12.8. The molecule has 0 heterocycles. The molecule has 0 bridgehead atoms. The lowest BCUT2D eigenvalue weighted by Crippen LogP contribution is -2.05. The SMILES string of the molecule is O=C(O)c1c(F)cccc1CO. The summed E-state index contributed by atoms with van der Waals surface area (Å²) < 4.78 is 12.8. The summed E-state index contributed by atoms with van der Waals surface area (Å²) in [5.41, 5.74) is -0.373. The fraction of sp³-hybridized carbons (Fsp3) is 0.125. The largest absolute Gasteiger partial charge is 0.478 e. The molecule has 0 atom stereocenters. The van der Waals surface area contributed by atoms with Gasteiger partial charge in [-0.3, -0.25) is 0 Å². The third-order valence-corrected chi connectivity index (χ3v) is 1.48. The summed E-state index contributed by atoms with van der Waals surface area (Å²) in [5, 5.41) is 17.2. The van der Waals surface area contributed by atoms with Crippen LogP contribution in [0.1, 0.15) is 15.9 Å². The standard InChI is InChI=1S/C8H7FO3/c9-6-3-1-2-5(4-10)7(6)8(11)12/h1-3,10H,4H2,(H,11,12). The number of aliphatic hydroxyl groups is 1. The van der Waals surface area contributed by atoms with Gasteiger partial charge < -0.3 is 10.2 Å². The van der Waals surface area contributed by atoms with E-state index in [1.165, 1.54) is 12.1 Å². The lowest BCUT2D eigenvalue weighted by molar-refractivity contribution is 0.0688. The summed E-state index contributed by atoms with van der Waals surface area (Å²) in [5.74, 6) is -2.19. The molecule has 2 N–H and O–H groups in total. The summed E-state index contributed by atoms with van der Waals surface area (Å²) in [6.07, 6.45) is 0. The van der Waals surface area contributed by atoms with Crippen molar-refractivity contribution in [2.45, 2.75) is 6.61 Å². The Bertz CT molecular complexity index is 309. The van der Waals surface area contributed by atoms with Gasteiger partial charge in [0.2, 0.25) is 0 Å². The fourth-order valence-electron chi connectivity index (χ4n) is 0.940. The third kappa shape index (κ3) is 1.43. The number of carboxylic acids is 1. The zero-order chi connectivity index (χ0) is 9.14. The first-order chi connectivity index (χ1) is 5.66. The first-order valence-corrected chi connectivity index (χ1v) is 3.28. The zero-order valence-corrected chi connectivity index (χ0v) is 6.12. The van der Waals surface area contributed by atoms with Crippen LogP contribution in [0, 0.1) is 5.82 Å². The summed E-state index contributed by atoms with van der Waals surface area (Å²) in [7, 11) is 0. The van der Waals surface area contributed by atoms with E-state index in [4.69, 9.17) is 10.2 Å². The summed E-state index contributed by atoms with van der Waals surface area (Å²) in [6, 6.07) is 3.77. The molecule has 0 radical (unpaired) electrons. The minimum atomic E-state index is -1.36. The van der Waals surface area contributed by atoms with Crippen LogP contribution in [0.25, 0.3) is 0 Å². The molecule has 1 aromatic rings. The normalized spacial score (nSPS) is 9.83. The summed E-state index contributed by atoms with van der Waals surface area (Å²) in [4.78, 5) is 10.5. The molecule has 0 amide bonds. The quantitative estimate of drug-likeness (QED) is 0.696. The van der Waals surface area contributed by atoms with Crippen LogP contribution >= 0.6 is 0 Å². The fourth-order valence-corrected chi connectivity index (χ4v) is 0.940. The third-order valence-electron chi connectivity index (χ3n) is 1.48. The second-order valence-electron chi connectivity index (χ2n) is 2.24. The van der Waals surface area contributed by atoms with E-state index in [1.807, 2.05) is 0 Å². The molecule has 0 spiro atoms. The molecule has 1 rings (SSSR count). The first-order valence-electron chi connectivity index (χ1n) is 3.28. The van der Waals surface area contributed by atoms with E-state index in [2.05, 4.69) is 0 Å². The topological polar surface area (TPSA) is 57.5 Å². The van der Waals surface area contributed by atoms with Gasteiger partial charge in [0, 0.05) is 0 Å². The Morgan fingerprint density at radius 3 is 2.58 bits per heavy atom. The Balaban J connectivity index is 3.29. The molecule has 1 aromatic carbocycles. The first kappa shape index (κ1) is 8.67. The Hall–Kier alpha value is -1.42. The van der Waals surface area contributed by atoms with Crippen LogP contribution in [0.4, 0.5) is 4.39 Å². The second-order valence-corrected chi connectivity index (χ2v) is 2.24. The molecule has 0 saturated heterocycles. The van der Waals surface area contributed by atoms with Crippen molar-refractivity contribution in [3.63, 3.8) is 0 Å². The Morgan fingerprint density at radius 2 is 2.17 bits per heavy atom. The number of carboxylic acid groups (broad SMARTS) is 1. The lowest BCUT2D eigenvalue weighted by Gasteiger charge is -2.02. The van der Waals surface area contributed by atoms with Crippen LogP contribution in [-0.4, -0.2) is 16.2 Å². The van der Waals surface area contributed by atoms with Crippen LogP contribution in [0.3, 0.4) is 0 Å². The number of aliphatic hydroxyl groups excluding tert-OH is 1. The second kappa shape index (κ2) is 3.32. The zero-order valence-electron chi connectivity index (χ0n) is 6.12. The molecule has 3 nitrogen and oxygen atoms in total. The lowest BCUT2D eigenvalue weighted by atomic mass is 10.1. The number of carbonyl (C=O) groups is 1. The highest BCUT2D eigenvalue weighted by Crippen LogP contribution is 2.13. The molecular weight excluding hydrogens is 163 g/mol. The van der Waals surface area contributed by atoms with Gasteiger partial charge in [0.25, 0.3) is 0 Å². The van der Waals surface area contributed by atoms with Gasteiger partial charge in [0.1, 0.15) is 11.4 Å². The maximum atomic E-state index is 12.8. The van der Waals surface area contributed by atoms with E-state index in [1.54, 1.807) is 0 Å². The van der Waals surface area contributed by atoms with Gasteiger partial charge in [-0.2, -0.15) is 0 Å². The summed E-state index contributed by atoms with van der Waals surface area (Å²) in [6.45, 7) is -0.473. The maximum Gasteiger partial charge on any atom is 0.339 e. The average molecular weight is 170 g/mol. The van der Waals surface area contributed by atoms with Crippen LogP contribution in [0.2, 0.25) is 0 Å². The smallest absolute Gasteiger partial charge is 0.339 e. The van der Waals surface area contributed by atoms with Gasteiger partial charge in [-0.25, -0.2) is 9.18 Å². The van der Waals surface area contributed by atoms with Gasteiger partial charge in [-0.1, -0.05) is 12.1 Å². The highest BCUT2D eigenvalue weighted by molar-refractivity contribution is 5.89. The van der Waals surface area contributed by atoms with Crippen molar-refractivity contribution in [1.82, 2.24) is 0 Å². The molecule has 0 unspecified atom stereocenters. The molecule has 0 aliphatic rings. The predicted octanol–water partition coefficient (Wildman–Crippen LogP) is 1.02. The van der Waals surface area contributed by atoms with Crippen molar-refractivity contribution in [1.29, 1.82) is 0 Å². The van der Waals surface area contributed by atoms with Crippen LogP contribution in [0.5, 0.6) is 0 Å². The van der Waals surface area contributed by atoms with Crippen molar-refractivity contribution in [2.24, 2.45) is 0 Å². The van der Waals surface area contributed by atoms with Crippen LogP contribution in [-0.2, 0) is 6.61 Å². The number of hydrogen-bond acceptors (Lipinski definition) is 2.